The quantitative estimate of drug-likeness (QED) is 0.897. The molecular weight excluding hydrogens is 264 g/mol. The second kappa shape index (κ2) is 5.30. The van der Waals surface area contributed by atoms with Crippen LogP contribution in [-0.2, 0) is 6.54 Å². The summed E-state index contributed by atoms with van der Waals surface area (Å²) in [6, 6.07) is 7.22. The number of rotatable bonds is 2. The molecule has 1 aliphatic rings. The maximum atomic E-state index is 3.65. The van der Waals surface area contributed by atoms with E-state index in [2.05, 4.69) is 58.2 Å². The first-order chi connectivity index (χ1) is 7.65. The SMILES string of the molecule is Cc1ccc(CN2CCN[C@@H](C)C2)c(Br)c1. The average molecular weight is 283 g/mol. The fraction of sp³-hybridized carbons (Fsp3) is 0.538. The number of halogens is 1. The molecule has 2 nitrogen and oxygen atoms in total. The average Bonchev–Trinajstić information content (AvgIpc) is 2.22. The Morgan fingerprint density at radius 3 is 3.00 bits per heavy atom. The summed E-state index contributed by atoms with van der Waals surface area (Å²) in [5.74, 6) is 0. The van der Waals surface area contributed by atoms with Crippen molar-refractivity contribution in [3.05, 3.63) is 33.8 Å². The maximum Gasteiger partial charge on any atom is 0.0246 e. The Kier molecular flexibility index (Phi) is 4.00. The molecule has 0 bridgehead atoms. The second-order valence-corrected chi connectivity index (χ2v) is 5.54. The van der Waals surface area contributed by atoms with Crippen molar-refractivity contribution in [1.82, 2.24) is 10.2 Å². The fourth-order valence-corrected chi connectivity index (χ4v) is 2.80. The Bertz CT molecular complexity index is 365. The predicted octanol–water partition coefficient (Wildman–Crippen LogP) is 2.55. The number of benzene rings is 1. The summed E-state index contributed by atoms with van der Waals surface area (Å²) in [5, 5.41) is 3.47. The van der Waals surface area contributed by atoms with E-state index in [0.29, 0.717) is 6.04 Å². The van der Waals surface area contributed by atoms with Crippen LogP contribution in [0.5, 0.6) is 0 Å². The topological polar surface area (TPSA) is 15.3 Å². The van der Waals surface area contributed by atoms with Gasteiger partial charge in [0.05, 0.1) is 0 Å². The molecule has 1 saturated heterocycles. The monoisotopic (exact) mass is 282 g/mol. The highest BCUT2D eigenvalue weighted by atomic mass is 79.9. The Hall–Kier alpha value is -0.380. The van der Waals surface area contributed by atoms with Crippen LogP contribution in [0.4, 0.5) is 0 Å². The van der Waals surface area contributed by atoms with Gasteiger partial charge in [0.15, 0.2) is 0 Å². The molecule has 16 heavy (non-hydrogen) atoms. The van der Waals surface area contributed by atoms with Crippen LogP contribution in [0.15, 0.2) is 22.7 Å². The van der Waals surface area contributed by atoms with Crippen molar-refractivity contribution in [2.24, 2.45) is 0 Å². The zero-order valence-corrected chi connectivity index (χ0v) is 11.5. The minimum absolute atomic E-state index is 0.609. The summed E-state index contributed by atoms with van der Waals surface area (Å²) in [4.78, 5) is 2.51. The lowest BCUT2D eigenvalue weighted by Gasteiger charge is -2.32. The summed E-state index contributed by atoms with van der Waals surface area (Å²) in [6.45, 7) is 8.81. The standard InChI is InChI=1S/C13H19BrN2/c1-10-3-4-12(13(14)7-10)9-16-6-5-15-11(2)8-16/h3-4,7,11,15H,5-6,8-9H2,1-2H3/t11-/m0/s1. The normalized spacial score (nSPS) is 22.3. The molecule has 88 valence electrons. The first kappa shape index (κ1) is 12.1. The molecule has 1 N–H and O–H groups in total. The minimum Gasteiger partial charge on any atom is -0.312 e. The highest BCUT2D eigenvalue weighted by Crippen LogP contribution is 2.20. The van der Waals surface area contributed by atoms with Crippen LogP contribution < -0.4 is 5.32 Å². The van der Waals surface area contributed by atoms with E-state index in [9.17, 15) is 0 Å². The molecule has 2 rings (SSSR count). The molecule has 0 amide bonds. The number of nitrogens with zero attached hydrogens (tertiary/aromatic N) is 1. The molecule has 3 heteroatoms. The zero-order valence-electron chi connectivity index (χ0n) is 9.96. The van der Waals surface area contributed by atoms with Crippen molar-refractivity contribution in [2.75, 3.05) is 19.6 Å². The van der Waals surface area contributed by atoms with Crippen LogP contribution in [0.25, 0.3) is 0 Å². The summed E-state index contributed by atoms with van der Waals surface area (Å²) < 4.78 is 1.23. The van der Waals surface area contributed by atoms with Gasteiger partial charge in [0.2, 0.25) is 0 Å². The summed E-state index contributed by atoms with van der Waals surface area (Å²) in [7, 11) is 0. The van der Waals surface area contributed by atoms with Crippen molar-refractivity contribution < 1.29 is 0 Å². The van der Waals surface area contributed by atoms with Crippen LogP contribution in [0.1, 0.15) is 18.1 Å². The van der Waals surface area contributed by atoms with E-state index in [1.165, 1.54) is 15.6 Å². The molecule has 1 aliphatic heterocycles. The van der Waals surface area contributed by atoms with Gasteiger partial charge < -0.3 is 5.32 Å². The van der Waals surface area contributed by atoms with E-state index < -0.39 is 0 Å². The van der Waals surface area contributed by atoms with Gasteiger partial charge in [-0.15, -0.1) is 0 Å². The van der Waals surface area contributed by atoms with Crippen LogP contribution in [0.3, 0.4) is 0 Å². The molecule has 1 fully saturated rings. The third-order valence-corrected chi connectivity index (χ3v) is 3.79. The highest BCUT2D eigenvalue weighted by molar-refractivity contribution is 9.10. The van der Waals surface area contributed by atoms with E-state index in [-0.39, 0.29) is 0 Å². The lowest BCUT2D eigenvalue weighted by Crippen LogP contribution is -2.48. The second-order valence-electron chi connectivity index (χ2n) is 4.69. The van der Waals surface area contributed by atoms with E-state index in [1.807, 2.05) is 0 Å². The van der Waals surface area contributed by atoms with Gasteiger partial charge in [-0.2, -0.15) is 0 Å². The van der Waals surface area contributed by atoms with Gasteiger partial charge in [0.25, 0.3) is 0 Å². The number of nitrogens with one attached hydrogen (secondary N) is 1. The number of aryl methyl sites for hydroxylation is 1. The first-order valence-corrected chi connectivity index (χ1v) is 6.65. The van der Waals surface area contributed by atoms with Gasteiger partial charge in [-0.1, -0.05) is 28.1 Å². The molecule has 0 saturated carbocycles. The Morgan fingerprint density at radius 1 is 1.50 bits per heavy atom. The van der Waals surface area contributed by atoms with E-state index in [1.54, 1.807) is 0 Å². The van der Waals surface area contributed by atoms with Crippen molar-refractivity contribution in [1.29, 1.82) is 0 Å². The molecular formula is C13H19BrN2. The fourth-order valence-electron chi connectivity index (χ4n) is 2.18. The largest absolute Gasteiger partial charge is 0.312 e. The maximum absolute atomic E-state index is 3.65. The van der Waals surface area contributed by atoms with E-state index in [0.717, 1.165) is 26.2 Å². The molecule has 0 radical (unpaired) electrons. The number of hydrogen-bond acceptors (Lipinski definition) is 2. The molecule has 0 spiro atoms. The Morgan fingerprint density at radius 2 is 2.31 bits per heavy atom. The van der Waals surface area contributed by atoms with Gasteiger partial charge in [0, 0.05) is 36.7 Å². The van der Waals surface area contributed by atoms with Crippen LogP contribution in [-0.4, -0.2) is 30.6 Å². The van der Waals surface area contributed by atoms with Crippen molar-refractivity contribution in [3.8, 4) is 0 Å². The van der Waals surface area contributed by atoms with Gasteiger partial charge in [-0.05, 0) is 31.0 Å². The summed E-state index contributed by atoms with van der Waals surface area (Å²) in [5.41, 5.74) is 2.70. The lowest BCUT2D eigenvalue weighted by molar-refractivity contribution is 0.199. The van der Waals surface area contributed by atoms with E-state index in [4.69, 9.17) is 0 Å². The third kappa shape index (κ3) is 3.06. The van der Waals surface area contributed by atoms with Crippen LogP contribution >= 0.6 is 15.9 Å². The van der Waals surface area contributed by atoms with Gasteiger partial charge in [0.1, 0.15) is 0 Å². The molecule has 0 aliphatic carbocycles. The molecule has 1 aromatic rings. The smallest absolute Gasteiger partial charge is 0.0246 e. The zero-order chi connectivity index (χ0) is 11.5. The van der Waals surface area contributed by atoms with Crippen molar-refractivity contribution in [3.63, 3.8) is 0 Å². The van der Waals surface area contributed by atoms with Crippen molar-refractivity contribution in [2.45, 2.75) is 26.4 Å². The van der Waals surface area contributed by atoms with Crippen LogP contribution in [0.2, 0.25) is 0 Å². The lowest BCUT2D eigenvalue weighted by atomic mass is 10.1. The molecule has 0 aromatic heterocycles. The molecule has 1 atom stereocenters. The first-order valence-electron chi connectivity index (χ1n) is 5.86. The predicted molar refractivity (Wildman–Crippen MR) is 71.6 cm³/mol. The van der Waals surface area contributed by atoms with Gasteiger partial charge in [-0.3, -0.25) is 4.90 Å². The van der Waals surface area contributed by atoms with Crippen molar-refractivity contribution >= 4 is 15.9 Å². The molecule has 0 unspecified atom stereocenters. The van der Waals surface area contributed by atoms with E-state index >= 15 is 0 Å². The Balaban J connectivity index is 2.02. The van der Waals surface area contributed by atoms with Crippen LogP contribution in [0, 0.1) is 6.92 Å². The number of piperazine rings is 1. The highest BCUT2D eigenvalue weighted by Gasteiger charge is 2.16. The van der Waals surface area contributed by atoms with Gasteiger partial charge in [-0.25, -0.2) is 0 Å². The number of hydrogen-bond donors (Lipinski definition) is 1. The molecule has 1 heterocycles. The Labute approximate surface area is 106 Å². The molecule has 1 aromatic carbocycles. The third-order valence-electron chi connectivity index (χ3n) is 3.06. The summed E-state index contributed by atoms with van der Waals surface area (Å²) >= 11 is 3.65. The summed E-state index contributed by atoms with van der Waals surface area (Å²) in [6.07, 6.45) is 0. The minimum atomic E-state index is 0.609. The van der Waals surface area contributed by atoms with Gasteiger partial charge >= 0.3 is 0 Å².